The van der Waals surface area contributed by atoms with E-state index in [-0.39, 0.29) is 11.8 Å². The van der Waals surface area contributed by atoms with Gasteiger partial charge >= 0.3 is 6.18 Å². The van der Waals surface area contributed by atoms with Crippen LogP contribution in [0.5, 0.6) is 0 Å². The molecule has 0 radical (unpaired) electrons. The molecular weight excluding hydrogens is 307 g/mol. The first-order valence-electron chi connectivity index (χ1n) is 7.97. The summed E-state index contributed by atoms with van der Waals surface area (Å²) in [5, 5.41) is 2.93. The summed E-state index contributed by atoms with van der Waals surface area (Å²) in [6.07, 6.45) is -0.103. The van der Waals surface area contributed by atoms with Gasteiger partial charge in [-0.3, -0.25) is 4.79 Å². The monoisotopic (exact) mass is 329 g/mol. The van der Waals surface area contributed by atoms with Gasteiger partial charge in [0.25, 0.3) is 0 Å². The fourth-order valence-electron chi connectivity index (χ4n) is 2.64. The molecule has 0 bridgehead atoms. The Balaban J connectivity index is 1.85. The van der Waals surface area contributed by atoms with Crippen LogP contribution in [0.4, 0.5) is 19.0 Å². The SMILES string of the molecule is CCCCNC(=O)C1CCN(c2ccc(C(F)(F)F)cn2)CC1. The maximum absolute atomic E-state index is 12.5. The van der Waals surface area contributed by atoms with E-state index in [9.17, 15) is 18.0 Å². The maximum Gasteiger partial charge on any atom is 0.417 e. The average molecular weight is 329 g/mol. The van der Waals surface area contributed by atoms with Crippen molar-refractivity contribution in [3.05, 3.63) is 23.9 Å². The highest BCUT2D eigenvalue weighted by atomic mass is 19.4. The van der Waals surface area contributed by atoms with E-state index in [1.54, 1.807) is 0 Å². The molecule has 2 heterocycles. The zero-order valence-electron chi connectivity index (χ0n) is 13.2. The number of nitrogens with zero attached hydrogens (tertiary/aromatic N) is 2. The highest BCUT2D eigenvalue weighted by Crippen LogP contribution is 2.30. The van der Waals surface area contributed by atoms with Gasteiger partial charge in [0.1, 0.15) is 5.82 Å². The van der Waals surface area contributed by atoms with Crippen molar-refractivity contribution in [1.82, 2.24) is 10.3 Å². The highest BCUT2D eigenvalue weighted by Gasteiger charge is 2.31. The van der Waals surface area contributed by atoms with Crippen molar-refractivity contribution in [2.24, 2.45) is 5.92 Å². The van der Waals surface area contributed by atoms with Crippen LogP contribution in [-0.4, -0.2) is 30.5 Å². The number of nitrogens with one attached hydrogen (secondary N) is 1. The van der Waals surface area contributed by atoms with Crippen LogP contribution in [0.1, 0.15) is 38.2 Å². The summed E-state index contributed by atoms with van der Waals surface area (Å²) in [6.45, 7) is 4.03. The quantitative estimate of drug-likeness (QED) is 0.844. The van der Waals surface area contributed by atoms with Gasteiger partial charge in [-0.2, -0.15) is 13.2 Å². The number of carbonyl (C=O) groups excluding carboxylic acids is 1. The van der Waals surface area contributed by atoms with Gasteiger partial charge in [-0.15, -0.1) is 0 Å². The zero-order chi connectivity index (χ0) is 16.9. The predicted octanol–water partition coefficient (Wildman–Crippen LogP) is 3.23. The molecule has 0 spiro atoms. The summed E-state index contributed by atoms with van der Waals surface area (Å²) in [7, 11) is 0. The molecule has 1 aromatic rings. The number of hydrogen-bond acceptors (Lipinski definition) is 3. The van der Waals surface area contributed by atoms with Gasteiger partial charge < -0.3 is 10.2 Å². The standard InChI is InChI=1S/C16H22F3N3O/c1-2-3-8-20-15(23)12-6-9-22(10-7-12)14-5-4-13(11-21-14)16(17,18)19/h4-5,11-12H,2-3,6-10H2,1H3,(H,20,23). The molecule has 1 aliphatic heterocycles. The third kappa shape index (κ3) is 4.84. The Morgan fingerprint density at radius 2 is 2.04 bits per heavy atom. The average Bonchev–Trinajstić information content (AvgIpc) is 2.54. The largest absolute Gasteiger partial charge is 0.417 e. The molecule has 0 atom stereocenters. The van der Waals surface area contributed by atoms with Crippen molar-refractivity contribution in [2.45, 2.75) is 38.8 Å². The summed E-state index contributed by atoms with van der Waals surface area (Å²) in [5.74, 6) is 0.596. The van der Waals surface area contributed by atoms with Gasteiger partial charge in [0.05, 0.1) is 5.56 Å². The van der Waals surface area contributed by atoms with Gasteiger partial charge in [-0.1, -0.05) is 13.3 Å². The molecule has 0 saturated carbocycles. The minimum atomic E-state index is -4.37. The van der Waals surface area contributed by atoms with Crippen LogP contribution in [-0.2, 0) is 11.0 Å². The number of alkyl halides is 3. The fraction of sp³-hybridized carbons (Fsp3) is 0.625. The Labute approximate surface area is 134 Å². The Hall–Kier alpha value is -1.79. The number of halogens is 3. The molecule has 2 rings (SSSR count). The van der Waals surface area contributed by atoms with Crippen LogP contribution in [0.2, 0.25) is 0 Å². The molecule has 0 aliphatic carbocycles. The van der Waals surface area contributed by atoms with E-state index in [1.165, 1.54) is 6.07 Å². The third-order valence-electron chi connectivity index (χ3n) is 4.09. The molecule has 1 saturated heterocycles. The molecule has 0 unspecified atom stereocenters. The second kappa shape index (κ2) is 7.66. The number of piperidine rings is 1. The molecule has 23 heavy (non-hydrogen) atoms. The van der Waals surface area contributed by atoms with E-state index in [0.29, 0.717) is 38.3 Å². The van der Waals surface area contributed by atoms with E-state index in [2.05, 4.69) is 17.2 Å². The number of amides is 1. The first kappa shape index (κ1) is 17.6. The summed E-state index contributed by atoms with van der Waals surface area (Å²) in [5.41, 5.74) is -0.744. The highest BCUT2D eigenvalue weighted by molar-refractivity contribution is 5.78. The van der Waals surface area contributed by atoms with Gasteiger partial charge in [0.15, 0.2) is 0 Å². The van der Waals surface area contributed by atoms with Crippen molar-refractivity contribution >= 4 is 11.7 Å². The number of anilines is 1. The van der Waals surface area contributed by atoms with Crippen molar-refractivity contribution in [1.29, 1.82) is 0 Å². The Morgan fingerprint density at radius 3 is 2.57 bits per heavy atom. The van der Waals surface area contributed by atoms with Crippen LogP contribution in [0.15, 0.2) is 18.3 Å². The van der Waals surface area contributed by atoms with Crippen LogP contribution in [0.25, 0.3) is 0 Å². The van der Waals surface area contributed by atoms with E-state index in [4.69, 9.17) is 0 Å². The van der Waals surface area contributed by atoms with E-state index in [1.807, 2.05) is 4.90 Å². The van der Waals surface area contributed by atoms with Crippen molar-refractivity contribution in [3.8, 4) is 0 Å². The Morgan fingerprint density at radius 1 is 1.35 bits per heavy atom. The maximum atomic E-state index is 12.5. The lowest BCUT2D eigenvalue weighted by Crippen LogP contribution is -2.41. The second-order valence-electron chi connectivity index (χ2n) is 5.81. The van der Waals surface area contributed by atoms with Crippen LogP contribution < -0.4 is 10.2 Å². The van der Waals surface area contributed by atoms with Gasteiger partial charge in [-0.25, -0.2) is 4.98 Å². The Kier molecular flexibility index (Phi) is 5.85. The van der Waals surface area contributed by atoms with E-state index >= 15 is 0 Å². The van der Waals surface area contributed by atoms with Crippen LogP contribution >= 0.6 is 0 Å². The van der Waals surface area contributed by atoms with Crippen molar-refractivity contribution in [3.63, 3.8) is 0 Å². The third-order valence-corrected chi connectivity index (χ3v) is 4.09. The van der Waals surface area contributed by atoms with E-state index in [0.717, 1.165) is 25.1 Å². The Bertz CT molecular complexity index is 508. The topological polar surface area (TPSA) is 45.2 Å². The summed E-state index contributed by atoms with van der Waals surface area (Å²) < 4.78 is 37.6. The molecule has 4 nitrogen and oxygen atoms in total. The second-order valence-corrected chi connectivity index (χ2v) is 5.81. The molecule has 1 fully saturated rings. The first-order chi connectivity index (χ1) is 10.9. The number of aromatic nitrogens is 1. The smallest absolute Gasteiger partial charge is 0.357 e. The first-order valence-corrected chi connectivity index (χ1v) is 7.97. The number of pyridine rings is 1. The molecule has 128 valence electrons. The molecule has 1 aromatic heterocycles. The molecule has 1 amide bonds. The summed E-state index contributed by atoms with van der Waals surface area (Å²) in [6, 6.07) is 2.44. The van der Waals surface area contributed by atoms with Gasteiger partial charge in [0, 0.05) is 31.7 Å². The molecule has 1 N–H and O–H groups in total. The normalized spacial score (nSPS) is 16.4. The van der Waals surface area contributed by atoms with Crippen LogP contribution in [0.3, 0.4) is 0 Å². The number of carbonyl (C=O) groups is 1. The van der Waals surface area contributed by atoms with E-state index < -0.39 is 11.7 Å². The lowest BCUT2D eigenvalue weighted by Gasteiger charge is -2.32. The van der Waals surface area contributed by atoms with Gasteiger partial charge in [0.2, 0.25) is 5.91 Å². The fourth-order valence-corrected chi connectivity index (χ4v) is 2.64. The van der Waals surface area contributed by atoms with Crippen molar-refractivity contribution < 1.29 is 18.0 Å². The lowest BCUT2D eigenvalue weighted by molar-refractivity contribution is -0.137. The summed E-state index contributed by atoms with van der Waals surface area (Å²) >= 11 is 0. The minimum absolute atomic E-state index is 0.0162. The predicted molar refractivity (Wildman–Crippen MR) is 82.1 cm³/mol. The minimum Gasteiger partial charge on any atom is -0.357 e. The molecule has 7 heteroatoms. The number of hydrogen-bond donors (Lipinski definition) is 1. The number of rotatable bonds is 5. The molecule has 1 aliphatic rings. The van der Waals surface area contributed by atoms with Crippen molar-refractivity contribution in [2.75, 3.05) is 24.5 Å². The molecular formula is C16H22F3N3O. The summed E-state index contributed by atoms with van der Waals surface area (Å²) in [4.78, 5) is 17.8. The zero-order valence-corrected chi connectivity index (χ0v) is 13.2. The number of unbranched alkanes of at least 4 members (excludes halogenated alkanes) is 1. The van der Waals surface area contributed by atoms with Gasteiger partial charge in [-0.05, 0) is 31.4 Å². The van der Waals surface area contributed by atoms with Crippen LogP contribution in [0, 0.1) is 5.92 Å². The molecule has 0 aromatic carbocycles. The lowest BCUT2D eigenvalue weighted by atomic mass is 9.96.